The summed E-state index contributed by atoms with van der Waals surface area (Å²) in [4.78, 5) is 0. The number of aryl methyl sites for hydroxylation is 2. The molecule has 0 spiro atoms. The van der Waals surface area contributed by atoms with Crippen molar-refractivity contribution < 1.29 is 8.83 Å². The van der Waals surface area contributed by atoms with Crippen molar-refractivity contribution in [3.05, 3.63) is 145 Å². The van der Waals surface area contributed by atoms with Crippen LogP contribution in [0.4, 0.5) is 0 Å². The maximum absolute atomic E-state index is 6.70. The number of hydrogen-bond donors (Lipinski definition) is 0. The highest BCUT2D eigenvalue weighted by Crippen LogP contribution is 2.44. The van der Waals surface area contributed by atoms with Gasteiger partial charge in [0.1, 0.15) is 22.3 Å². The second-order valence-electron chi connectivity index (χ2n) is 13.0. The maximum atomic E-state index is 6.70. The van der Waals surface area contributed by atoms with Crippen LogP contribution in [0.25, 0.3) is 98.9 Å². The number of benzene rings is 7. The van der Waals surface area contributed by atoms with Gasteiger partial charge in [0.2, 0.25) is 0 Å². The molecule has 0 atom stereocenters. The molecule has 0 fully saturated rings. The Morgan fingerprint density at radius 3 is 1.06 bits per heavy atom. The number of nitrogens with zero attached hydrogens (tertiary/aromatic N) is 2. The topological polar surface area (TPSA) is 36.1 Å². The van der Waals surface area contributed by atoms with Crippen molar-refractivity contribution in [1.82, 2.24) is 9.13 Å². The molecule has 226 valence electrons. The van der Waals surface area contributed by atoms with E-state index in [2.05, 4.69) is 156 Å². The maximum Gasteiger partial charge on any atom is 0.139 e. The second-order valence-corrected chi connectivity index (χ2v) is 13.0. The Labute approximate surface area is 274 Å². The van der Waals surface area contributed by atoms with E-state index in [1.165, 1.54) is 43.6 Å². The molecule has 11 rings (SSSR count). The minimum absolute atomic E-state index is 0.878. The normalized spacial score (nSPS) is 12.4. The zero-order chi connectivity index (χ0) is 31.7. The summed E-state index contributed by atoms with van der Waals surface area (Å²) >= 11 is 0. The molecule has 0 saturated heterocycles. The third kappa shape index (κ3) is 3.24. The van der Waals surface area contributed by atoms with E-state index in [0.29, 0.717) is 0 Å². The summed E-state index contributed by atoms with van der Waals surface area (Å²) in [5.41, 5.74) is 12.8. The van der Waals surface area contributed by atoms with Crippen molar-refractivity contribution in [2.24, 2.45) is 0 Å². The SMILES string of the molecule is Cc1c2oc3ccc(-n4c5ccccc5c5ccccc54)cc3c2c(C)c2oc3ccc(-n4c5ccccc5c5ccccc54)cc3c12. The van der Waals surface area contributed by atoms with Crippen LogP contribution in [0.2, 0.25) is 0 Å². The fourth-order valence-corrected chi connectivity index (χ4v) is 8.35. The fourth-order valence-electron chi connectivity index (χ4n) is 8.35. The Morgan fingerprint density at radius 2 is 0.708 bits per heavy atom. The van der Waals surface area contributed by atoms with E-state index in [-0.39, 0.29) is 0 Å². The molecule has 0 amide bonds. The third-order valence-corrected chi connectivity index (χ3v) is 10.5. The van der Waals surface area contributed by atoms with Crippen LogP contribution in [0.5, 0.6) is 0 Å². The number of aromatic nitrogens is 2. The molecule has 0 unspecified atom stereocenters. The lowest BCUT2D eigenvalue weighted by atomic mass is 9.98. The van der Waals surface area contributed by atoms with E-state index in [9.17, 15) is 0 Å². The quantitative estimate of drug-likeness (QED) is 0.194. The molecule has 4 heterocycles. The summed E-state index contributed by atoms with van der Waals surface area (Å²) in [5.74, 6) is 0. The Kier molecular flexibility index (Phi) is 4.95. The molecule has 0 aliphatic heterocycles. The van der Waals surface area contributed by atoms with Gasteiger partial charge in [0.15, 0.2) is 0 Å². The number of para-hydroxylation sites is 4. The average Bonchev–Trinajstić information content (AvgIpc) is 3.88. The molecular formula is C44H28N2O2. The summed E-state index contributed by atoms with van der Waals surface area (Å²) in [7, 11) is 0. The van der Waals surface area contributed by atoms with Crippen LogP contribution in [0, 0.1) is 13.8 Å². The van der Waals surface area contributed by atoms with Crippen LogP contribution < -0.4 is 0 Å². The van der Waals surface area contributed by atoms with Crippen LogP contribution in [0.3, 0.4) is 0 Å². The predicted octanol–water partition coefficient (Wildman–Crippen LogP) is 12.3. The minimum atomic E-state index is 0.878. The molecule has 11 aromatic rings. The first-order valence-corrected chi connectivity index (χ1v) is 16.4. The van der Waals surface area contributed by atoms with E-state index in [0.717, 1.165) is 66.4 Å². The molecular weight excluding hydrogens is 588 g/mol. The largest absolute Gasteiger partial charge is 0.456 e. The first-order valence-electron chi connectivity index (χ1n) is 16.4. The van der Waals surface area contributed by atoms with Gasteiger partial charge in [-0.3, -0.25) is 0 Å². The first kappa shape index (κ1) is 25.9. The number of rotatable bonds is 2. The van der Waals surface area contributed by atoms with Crippen LogP contribution in [0.15, 0.2) is 142 Å². The van der Waals surface area contributed by atoms with E-state index in [1.807, 2.05) is 0 Å². The van der Waals surface area contributed by atoms with Crippen molar-refractivity contribution >= 4 is 87.5 Å². The van der Waals surface area contributed by atoms with E-state index < -0.39 is 0 Å². The van der Waals surface area contributed by atoms with E-state index in [1.54, 1.807) is 0 Å². The van der Waals surface area contributed by atoms with Crippen LogP contribution in [-0.2, 0) is 0 Å². The zero-order valence-electron chi connectivity index (χ0n) is 26.4. The summed E-state index contributed by atoms with van der Waals surface area (Å²) in [6.07, 6.45) is 0. The lowest BCUT2D eigenvalue weighted by Gasteiger charge is -2.08. The Bertz CT molecular complexity index is 2830. The molecule has 0 bridgehead atoms. The van der Waals surface area contributed by atoms with Gasteiger partial charge in [-0.1, -0.05) is 72.8 Å². The van der Waals surface area contributed by atoms with Gasteiger partial charge in [-0.2, -0.15) is 0 Å². The van der Waals surface area contributed by atoms with Gasteiger partial charge >= 0.3 is 0 Å². The summed E-state index contributed by atoms with van der Waals surface area (Å²) in [6, 6.07) is 47.7. The Hall–Kier alpha value is -6.26. The van der Waals surface area contributed by atoms with Crippen LogP contribution >= 0.6 is 0 Å². The van der Waals surface area contributed by atoms with Crippen LogP contribution in [0.1, 0.15) is 11.1 Å². The highest BCUT2D eigenvalue weighted by Gasteiger charge is 2.23. The molecule has 48 heavy (non-hydrogen) atoms. The molecule has 0 radical (unpaired) electrons. The Morgan fingerprint density at radius 1 is 0.375 bits per heavy atom. The third-order valence-electron chi connectivity index (χ3n) is 10.5. The van der Waals surface area contributed by atoms with Crippen molar-refractivity contribution in [1.29, 1.82) is 0 Å². The second kappa shape index (κ2) is 9.18. The highest BCUT2D eigenvalue weighted by atomic mass is 16.3. The van der Waals surface area contributed by atoms with E-state index >= 15 is 0 Å². The minimum Gasteiger partial charge on any atom is -0.456 e. The van der Waals surface area contributed by atoms with Crippen molar-refractivity contribution in [3.8, 4) is 11.4 Å². The first-order chi connectivity index (χ1) is 23.7. The molecule has 4 nitrogen and oxygen atoms in total. The molecule has 0 N–H and O–H groups in total. The van der Waals surface area contributed by atoms with Crippen molar-refractivity contribution in [3.63, 3.8) is 0 Å². The highest BCUT2D eigenvalue weighted by molar-refractivity contribution is 6.20. The molecule has 0 saturated carbocycles. The molecule has 0 aliphatic carbocycles. The van der Waals surface area contributed by atoms with Crippen molar-refractivity contribution in [2.45, 2.75) is 13.8 Å². The number of furan rings is 2. The van der Waals surface area contributed by atoms with Gasteiger partial charge in [-0.05, 0) is 74.5 Å². The standard InChI is InChI=1S/C44H28N2O2/c1-25-41-33-23-27(45-35-15-7-3-11-29(35)30-12-4-8-16-36(30)45)19-21-39(33)48-44(41)26(2)42-34-24-28(20-22-40(34)47-43(25)42)46-37-17-9-5-13-31(37)32-14-6-10-18-38(32)46/h3-24H,1-2H3. The lowest BCUT2D eigenvalue weighted by Crippen LogP contribution is -1.93. The van der Waals surface area contributed by atoms with Gasteiger partial charge in [0, 0.05) is 65.6 Å². The Balaban J connectivity index is 1.17. The number of fused-ring (bicyclic) bond motifs is 12. The smallest absolute Gasteiger partial charge is 0.139 e. The van der Waals surface area contributed by atoms with Gasteiger partial charge < -0.3 is 18.0 Å². The van der Waals surface area contributed by atoms with Gasteiger partial charge in [-0.25, -0.2) is 0 Å². The van der Waals surface area contributed by atoms with Crippen LogP contribution in [-0.4, -0.2) is 9.13 Å². The molecule has 4 heteroatoms. The van der Waals surface area contributed by atoms with Gasteiger partial charge in [0.25, 0.3) is 0 Å². The van der Waals surface area contributed by atoms with Gasteiger partial charge in [0.05, 0.1) is 22.1 Å². The lowest BCUT2D eigenvalue weighted by molar-refractivity contribution is 0.660. The average molecular weight is 617 g/mol. The van der Waals surface area contributed by atoms with E-state index in [4.69, 9.17) is 8.83 Å². The zero-order valence-corrected chi connectivity index (χ0v) is 26.4. The molecule has 7 aromatic carbocycles. The monoisotopic (exact) mass is 616 g/mol. The summed E-state index contributed by atoms with van der Waals surface area (Å²) in [5, 5.41) is 9.42. The molecule has 0 aliphatic rings. The van der Waals surface area contributed by atoms with Gasteiger partial charge in [-0.15, -0.1) is 0 Å². The number of hydrogen-bond acceptors (Lipinski definition) is 2. The summed E-state index contributed by atoms with van der Waals surface area (Å²) in [6.45, 7) is 4.34. The molecule has 4 aromatic heterocycles. The summed E-state index contributed by atoms with van der Waals surface area (Å²) < 4.78 is 18.1. The van der Waals surface area contributed by atoms with Crippen molar-refractivity contribution in [2.75, 3.05) is 0 Å². The fraction of sp³-hybridized carbons (Fsp3) is 0.0455. The predicted molar refractivity (Wildman–Crippen MR) is 199 cm³/mol.